The molecular weight excluding hydrogens is 258 g/mol. The first-order valence-corrected chi connectivity index (χ1v) is 8.44. The predicted molar refractivity (Wildman–Crippen MR) is 94.8 cm³/mol. The van der Waals surface area contributed by atoms with Crippen LogP contribution in [-0.4, -0.2) is 35.7 Å². The third kappa shape index (κ3) is 7.65. The van der Waals surface area contributed by atoms with Crippen LogP contribution in [0.2, 0.25) is 0 Å². The van der Waals surface area contributed by atoms with Gasteiger partial charge >= 0.3 is 0 Å². The molecule has 3 atom stereocenters. The highest BCUT2D eigenvalue weighted by molar-refractivity contribution is 4.86. The van der Waals surface area contributed by atoms with Gasteiger partial charge in [-0.2, -0.15) is 0 Å². The van der Waals surface area contributed by atoms with E-state index in [1.807, 2.05) is 0 Å². The van der Waals surface area contributed by atoms with Crippen LogP contribution in [0.25, 0.3) is 0 Å². The second-order valence-corrected chi connectivity index (χ2v) is 9.97. The van der Waals surface area contributed by atoms with Crippen LogP contribution in [0, 0.1) is 10.8 Å². The lowest BCUT2D eigenvalue weighted by Crippen LogP contribution is -2.51. The standard InChI is InChI=1S/C19H41NO/c1-14(20(12)19(9,10)11)16(13-17(3,4)5)21-15(2)18(6,7)8/h14-16H,13H2,1-12H3/t14-,15?,16-/m1/s1. The van der Waals surface area contributed by atoms with Crippen LogP contribution < -0.4 is 0 Å². The van der Waals surface area contributed by atoms with Gasteiger partial charge in [0.2, 0.25) is 0 Å². The molecule has 0 fully saturated rings. The van der Waals surface area contributed by atoms with Crippen molar-refractivity contribution in [3.8, 4) is 0 Å². The Morgan fingerprint density at radius 2 is 1.29 bits per heavy atom. The fourth-order valence-corrected chi connectivity index (χ4v) is 2.26. The first kappa shape index (κ1) is 20.9. The largest absolute Gasteiger partial charge is 0.373 e. The van der Waals surface area contributed by atoms with Crippen LogP contribution in [0.3, 0.4) is 0 Å². The molecule has 2 heteroatoms. The Morgan fingerprint density at radius 3 is 1.57 bits per heavy atom. The molecule has 2 nitrogen and oxygen atoms in total. The third-order valence-corrected chi connectivity index (χ3v) is 4.62. The summed E-state index contributed by atoms with van der Waals surface area (Å²) in [5.41, 5.74) is 0.606. The van der Waals surface area contributed by atoms with Gasteiger partial charge in [-0.15, -0.1) is 0 Å². The smallest absolute Gasteiger partial charge is 0.0736 e. The SMILES string of the molecule is CC(O[C@H](CC(C)(C)C)[C@@H](C)N(C)C(C)(C)C)C(C)(C)C. The van der Waals surface area contributed by atoms with E-state index in [0.29, 0.717) is 6.04 Å². The summed E-state index contributed by atoms with van der Waals surface area (Å²) in [6, 6.07) is 0.397. The van der Waals surface area contributed by atoms with Crippen molar-refractivity contribution in [1.82, 2.24) is 4.90 Å². The normalized spacial score (nSPS) is 18.7. The fourth-order valence-electron chi connectivity index (χ4n) is 2.26. The summed E-state index contributed by atoms with van der Waals surface area (Å²) < 4.78 is 6.53. The molecule has 0 aliphatic carbocycles. The highest BCUT2D eigenvalue weighted by Crippen LogP contribution is 2.31. The summed E-state index contributed by atoms with van der Waals surface area (Å²) in [5.74, 6) is 0. The lowest BCUT2D eigenvalue weighted by Gasteiger charge is -2.44. The Morgan fingerprint density at radius 1 is 0.857 bits per heavy atom. The molecule has 0 saturated carbocycles. The van der Waals surface area contributed by atoms with Crippen molar-refractivity contribution in [1.29, 1.82) is 0 Å². The van der Waals surface area contributed by atoms with Gasteiger partial charge in [-0.3, -0.25) is 4.90 Å². The Bertz CT molecular complexity index is 303. The quantitative estimate of drug-likeness (QED) is 0.677. The van der Waals surface area contributed by atoms with E-state index in [2.05, 4.69) is 88.1 Å². The zero-order chi connectivity index (χ0) is 17.2. The van der Waals surface area contributed by atoms with Crippen molar-refractivity contribution >= 4 is 0 Å². The Hall–Kier alpha value is -0.0800. The highest BCUT2D eigenvalue weighted by Gasteiger charge is 2.34. The first-order valence-electron chi connectivity index (χ1n) is 8.44. The van der Waals surface area contributed by atoms with E-state index in [1.165, 1.54) is 0 Å². The van der Waals surface area contributed by atoms with Crippen LogP contribution in [0.5, 0.6) is 0 Å². The number of nitrogens with zero attached hydrogens (tertiary/aromatic N) is 1. The summed E-state index contributed by atoms with van der Waals surface area (Å²) in [7, 11) is 2.21. The fraction of sp³-hybridized carbons (Fsp3) is 1.00. The highest BCUT2D eigenvalue weighted by atomic mass is 16.5. The molecular formula is C19H41NO. The minimum absolute atomic E-state index is 0.157. The maximum absolute atomic E-state index is 6.53. The van der Waals surface area contributed by atoms with E-state index < -0.39 is 0 Å². The average Bonchev–Trinajstić information content (AvgIpc) is 2.21. The van der Waals surface area contributed by atoms with Crippen molar-refractivity contribution in [2.24, 2.45) is 10.8 Å². The van der Waals surface area contributed by atoms with Gasteiger partial charge in [0.25, 0.3) is 0 Å². The van der Waals surface area contributed by atoms with Gasteiger partial charge in [-0.25, -0.2) is 0 Å². The minimum Gasteiger partial charge on any atom is -0.373 e. The second kappa shape index (κ2) is 7.00. The first-order chi connectivity index (χ1) is 9.05. The van der Waals surface area contributed by atoms with Crippen molar-refractivity contribution < 1.29 is 4.74 Å². The Labute approximate surface area is 134 Å². The Kier molecular flexibility index (Phi) is 6.97. The van der Waals surface area contributed by atoms with Crippen molar-refractivity contribution in [3.63, 3.8) is 0 Å². The summed E-state index contributed by atoms with van der Waals surface area (Å²) in [5, 5.41) is 0. The summed E-state index contributed by atoms with van der Waals surface area (Å²) in [4.78, 5) is 2.44. The van der Waals surface area contributed by atoms with Crippen LogP contribution >= 0.6 is 0 Å². The van der Waals surface area contributed by atoms with Crippen LogP contribution in [0.15, 0.2) is 0 Å². The molecule has 21 heavy (non-hydrogen) atoms. The lowest BCUT2D eigenvalue weighted by molar-refractivity contribution is -0.106. The molecule has 128 valence electrons. The van der Waals surface area contributed by atoms with Crippen molar-refractivity contribution in [2.45, 2.75) is 106 Å². The molecule has 0 aromatic carbocycles. The van der Waals surface area contributed by atoms with Gasteiger partial charge < -0.3 is 4.74 Å². The number of ether oxygens (including phenoxy) is 1. The molecule has 0 aromatic heterocycles. The monoisotopic (exact) mass is 299 g/mol. The number of rotatable bonds is 5. The predicted octanol–water partition coefficient (Wildman–Crippen LogP) is 5.36. The summed E-state index contributed by atoms with van der Waals surface area (Å²) in [6.07, 6.45) is 1.58. The van der Waals surface area contributed by atoms with E-state index in [1.54, 1.807) is 0 Å². The average molecular weight is 300 g/mol. The molecule has 0 saturated heterocycles. The molecule has 0 heterocycles. The summed E-state index contributed by atoms with van der Waals surface area (Å²) >= 11 is 0. The maximum atomic E-state index is 6.53. The third-order valence-electron chi connectivity index (χ3n) is 4.62. The van der Waals surface area contributed by atoms with E-state index in [-0.39, 0.29) is 28.6 Å². The van der Waals surface area contributed by atoms with Crippen molar-refractivity contribution in [2.75, 3.05) is 7.05 Å². The van der Waals surface area contributed by atoms with E-state index >= 15 is 0 Å². The number of hydrogen-bond acceptors (Lipinski definition) is 2. The lowest BCUT2D eigenvalue weighted by atomic mass is 9.85. The van der Waals surface area contributed by atoms with E-state index in [0.717, 1.165) is 6.42 Å². The second-order valence-electron chi connectivity index (χ2n) is 9.97. The Balaban J connectivity index is 5.15. The molecule has 0 aliphatic heterocycles. The molecule has 1 unspecified atom stereocenters. The number of hydrogen-bond donors (Lipinski definition) is 0. The van der Waals surface area contributed by atoms with Crippen molar-refractivity contribution in [3.05, 3.63) is 0 Å². The summed E-state index contributed by atoms with van der Waals surface area (Å²) in [6.45, 7) is 25.0. The van der Waals surface area contributed by atoms with Gasteiger partial charge in [0, 0.05) is 11.6 Å². The molecule has 0 rings (SSSR count). The molecule has 0 amide bonds. The maximum Gasteiger partial charge on any atom is 0.0736 e. The van der Waals surface area contributed by atoms with Gasteiger partial charge in [-0.1, -0.05) is 41.5 Å². The van der Waals surface area contributed by atoms with Gasteiger partial charge in [0.1, 0.15) is 0 Å². The van der Waals surface area contributed by atoms with Crippen LogP contribution in [0.4, 0.5) is 0 Å². The molecule has 0 aliphatic rings. The topological polar surface area (TPSA) is 12.5 Å². The van der Waals surface area contributed by atoms with E-state index in [4.69, 9.17) is 4.74 Å². The molecule has 0 bridgehead atoms. The van der Waals surface area contributed by atoms with Gasteiger partial charge in [0.15, 0.2) is 0 Å². The van der Waals surface area contributed by atoms with Gasteiger partial charge in [0.05, 0.1) is 12.2 Å². The molecule has 0 aromatic rings. The van der Waals surface area contributed by atoms with E-state index in [9.17, 15) is 0 Å². The minimum atomic E-state index is 0.157. The number of likely N-dealkylation sites (N-methyl/N-ethyl adjacent to an activating group) is 1. The molecule has 0 N–H and O–H groups in total. The zero-order valence-corrected chi connectivity index (χ0v) is 16.8. The molecule has 0 spiro atoms. The molecule has 0 radical (unpaired) electrons. The van der Waals surface area contributed by atoms with Crippen LogP contribution in [-0.2, 0) is 4.74 Å². The van der Waals surface area contributed by atoms with Crippen LogP contribution in [0.1, 0.15) is 82.6 Å². The zero-order valence-electron chi connectivity index (χ0n) is 16.8. The van der Waals surface area contributed by atoms with Gasteiger partial charge in [-0.05, 0) is 58.9 Å².